The van der Waals surface area contributed by atoms with Gasteiger partial charge in [-0.15, -0.1) is 22.7 Å². The van der Waals surface area contributed by atoms with Crippen LogP contribution in [0.25, 0.3) is 102 Å². The predicted molar refractivity (Wildman–Crippen MR) is 214 cm³/mol. The van der Waals surface area contributed by atoms with Crippen LogP contribution in [0.4, 0.5) is 0 Å². The zero-order chi connectivity index (χ0) is 33.5. The Morgan fingerprint density at radius 1 is 0.431 bits per heavy atom. The van der Waals surface area contributed by atoms with Crippen molar-refractivity contribution in [2.24, 2.45) is 0 Å². The molecule has 0 atom stereocenters. The average molecular weight is 688 g/mol. The number of aromatic nitrogens is 5. The molecule has 0 unspecified atom stereocenters. The molecule has 5 heterocycles. The largest absolute Gasteiger partial charge is 0.277 e. The number of benzene rings is 6. The maximum absolute atomic E-state index is 5.31. The van der Waals surface area contributed by atoms with Gasteiger partial charge < -0.3 is 0 Å². The smallest absolute Gasteiger partial charge is 0.238 e. The first-order chi connectivity index (χ1) is 25.3. The Morgan fingerprint density at radius 2 is 1.02 bits per heavy atom. The Kier molecular flexibility index (Phi) is 6.22. The van der Waals surface area contributed by atoms with Gasteiger partial charge in [-0.2, -0.15) is 9.97 Å². The molecule has 11 rings (SSSR count). The number of thiophene rings is 2. The number of nitrogens with zero attached hydrogens (tertiary/aromatic N) is 5. The summed E-state index contributed by atoms with van der Waals surface area (Å²) < 4.78 is 6.07. The topological polar surface area (TPSA) is 56.5 Å². The van der Waals surface area contributed by atoms with Crippen molar-refractivity contribution >= 4 is 85.0 Å². The molecule has 0 N–H and O–H groups in total. The summed E-state index contributed by atoms with van der Waals surface area (Å²) in [6, 6.07) is 50.8. The van der Waals surface area contributed by atoms with Crippen LogP contribution >= 0.6 is 22.7 Å². The molecule has 0 saturated heterocycles. The van der Waals surface area contributed by atoms with Crippen molar-refractivity contribution in [2.75, 3.05) is 0 Å². The molecule has 0 radical (unpaired) electrons. The molecular formula is C44H25N5S2. The second-order valence-electron chi connectivity index (χ2n) is 12.6. The van der Waals surface area contributed by atoms with Gasteiger partial charge in [0.2, 0.25) is 5.95 Å². The van der Waals surface area contributed by atoms with Crippen molar-refractivity contribution in [1.29, 1.82) is 0 Å². The summed E-state index contributed by atoms with van der Waals surface area (Å²) in [5.41, 5.74) is 6.34. The van der Waals surface area contributed by atoms with Gasteiger partial charge in [0.1, 0.15) is 4.83 Å². The van der Waals surface area contributed by atoms with Gasteiger partial charge in [0.25, 0.3) is 0 Å². The van der Waals surface area contributed by atoms with E-state index in [1.165, 1.54) is 46.6 Å². The molecule has 6 aromatic carbocycles. The zero-order valence-corrected chi connectivity index (χ0v) is 28.6. The van der Waals surface area contributed by atoms with Crippen molar-refractivity contribution in [3.05, 3.63) is 152 Å². The Bertz CT molecular complexity index is 3120. The number of pyridine rings is 1. The summed E-state index contributed by atoms with van der Waals surface area (Å²) in [7, 11) is 0. The fraction of sp³-hybridized carbons (Fsp3) is 0. The van der Waals surface area contributed by atoms with Crippen LogP contribution in [0, 0.1) is 0 Å². The number of hydrogen-bond donors (Lipinski definition) is 0. The van der Waals surface area contributed by atoms with Gasteiger partial charge in [-0.05, 0) is 35.4 Å². The highest BCUT2D eigenvalue weighted by Gasteiger charge is 2.26. The zero-order valence-electron chi connectivity index (χ0n) is 27.0. The Morgan fingerprint density at radius 3 is 1.80 bits per heavy atom. The van der Waals surface area contributed by atoms with Crippen molar-refractivity contribution in [3.8, 4) is 39.9 Å². The molecule has 238 valence electrons. The van der Waals surface area contributed by atoms with E-state index in [9.17, 15) is 0 Å². The number of para-hydroxylation sites is 1. The fourth-order valence-electron chi connectivity index (χ4n) is 7.47. The minimum absolute atomic E-state index is 0.589. The first-order valence-corrected chi connectivity index (χ1v) is 18.4. The van der Waals surface area contributed by atoms with E-state index in [1.54, 1.807) is 11.3 Å². The molecule has 0 aliphatic rings. The standard InChI is InChI=1S/C44H25N5S2/c1-3-12-26(13-4-1)27-21-23-29(24-22-27)42-46-41(28-14-5-2-6-15-28)47-44(48-42)49-33-19-9-7-16-30(33)35-36-32-18-11-25-45-43(32)51-39(36)40-37(38(35)49)31-17-8-10-20-34(31)50-40/h1-25H. The Hall–Kier alpha value is -6.28. The lowest BCUT2D eigenvalue weighted by Crippen LogP contribution is -2.06. The van der Waals surface area contributed by atoms with Crippen molar-refractivity contribution < 1.29 is 0 Å². The lowest BCUT2D eigenvalue weighted by molar-refractivity contribution is 0.955. The van der Waals surface area contributed by atoms with Gasteiger partial charge >= 0.3 is 0 Å². The lowest BCUT2D eigenvalue weighted by atomic mass is 10.0. The van der Waals surface area contributed by atoms with Crippen LogP contribution in [0.3, 0.4) is 0 Å². The molecule has 0 aliphatic carbocycles. The molecule has 5 nitrogen and oxygen atoms in total. The quantitative estimate of drug-likeness (QED) is 0.185. The minimum atomic E-state index is 0.589. The van der Waals surface area contributed by atoms with E-state index in [0.717, 1.165) is 37.9 Å². The third-order valence-electron chi connectivity index (χ3n) is 9.74. The molecule has 51 heavy (non-hydrogen) atoms. The minimum Gasteiger partial charge on any atom is -0.277 e. The second-order valence-corrected chi connectivity index (χ2v) is 14.7. The summed E-state index contributed by atoms with van der Waals surface area (Å²) in [6.07, 6.45) is 1.89. The number of rotatable bonds is 4. The first-order valence-electron chi connectivity index (χ1n) is 16.8. The molecule has 0 fully saturated rings. The molecule has 0 spiro atoms. The van der Waals surface area contributed by atoms with Crippen LogP contribution in [0.15, 0.2) is 152 Å². The second kappa shape index (κ2) is 11.1. The van der Waals surface area contributed by atoms with Gasteiger partial charge in [0, 0.05) is 54.3 Å². The normalized spacial score (nSPS) is 11.9. The molecule has 11 aromatic rings. The van der Waals surface area contributed by atoms with Gasteiger partial charge in [-0.1, -0.05) is 121 Å². The van der Waals surface area contributed by atoms with E-state index in [-0.39, 0.29) is 0 Å². The van der Waals surface area contributed by atoms with Gasteiger partial charge in [-0.3, -0.25) is 4.57 Å². The third-order valence-corrected chi connectivity index (χ3v) is 12.2. The van der Waals surface area contributed by atoms with Crippen LogP contribution in [-0.4, -0.2) is 24.5 Å². The van der Waals surface area contributed by atoms with Crippen molar-refractivity contribution in [3.63, 3.8) is 0 Å². The molecule has 0 saturated carbocycles. The van der Waals surface area contributed by atoms with Crippen LogP contribution in [0.1, 0.15) is 0 Å². The van der Waals surface area contributed by atoms with Gasteiger partial charge in [0.15, 0.2) is 11.6 Å². The number of hydrogen-bond acceptors (Lipinski definition) is 6. The first kappa shape index (κ1) is 28.5. The highest BCUT2D eigenvalue weighted by atomic mass is 32.1. The maximum atomic E-state index is 5.31. The summed E-state index contributed by atoms with van der Waals surface area (Å²) in [5, 5.41) is 7.22. The molecule has 5 aromatic heterocycles. The molecule has 0 bridgehead atoms. The highest BCUT2D eigenvalue weighted by molar-refractivity contribution is 7.33. The van der Waals surface area contributed by atoms with Crippen LogP contribution in [-0.2, 0) is 0 Å². The predicted octanol–water partition coefficient (Wildman–Crippen LogP) is 12.1. The molecule has 7 heteroatoms. The summed E-state index contributed by atoms with van der Waals surface area (Å²) in [6.45, 7) is 0. The number of fused-ring (bicyclic) bond motifs is 12. The molecular weight excluding hydrogens is 663 g/mol. The van der Waals surface area contributed by atoms with Gasteiger partial charge in [-0.25, -0.2) is 9.97 Å². The van der Waals surface area contributed by atoms with E-state index in [0.29, 0.717) is 17.6 Å². The monoisotopic (exact) mass is 687 g/mol. The van der Waals surface area contributed by atoms with Crippen molar-refractivity contribution in [2.45, 2.75) is 0 Å². The van der Waals surface area contributed by atoms with E-state index in [1.807, 2.05) is 47.9 Å². The molecule has 0 aliphatic heterocycles. The third kappa shape index (κ3) is 4.32. The SMILES string of the molecule is c1ccc(-c2ccc(-c3nc(-c4ccccc4)nc(-n4c5ccccc5c5c6c7cccnc7sc6c6sc7ccccc7c6c54)n3)cc2)cc1. The molecule has 0 amide bonds. The summed E-state index contributed by atoms with van der Waals surface area (Å²) in [4.78, 5) is 21.5. The average Bonchev–Trinajstić information content (AvgIpc) is 3.88. The van der Waals surface area contributed by atoms with E-state index < -0.39 is 0 Å². The Balaban J connectivity index is 1.28. The van der Waals surface area contributed by atoms with Crippen LogP contribution < -0.4 is 0 Å². The van der Waals surface area contributed by atoms with E-state index >= 15 is 0 Å². The fourth-order valence-corrected chi connectivity index (χ4v) is 9.97. The van der Waals surface area contributed by atoms with E-state index in [2.05, 4.69) is 120 Å². The summed E-state index contributed by atoms with van der Waals surface area (Å²) >= 11 is 3.63. The highest BCUT2D eigenvalue weighted by Crippen LogP contribution is 2.51. The van der Waals surface area contributed by atoms with Crippen LogP contribution in [0.5, 0.6) is 0 Å². The van der Waals surface area contributed by atoms with Gasteiger partial charge in [0.05, 0.1) is 20.4 Å². The summed E-state index contributed by atoms with van der Waals surface area (Å²) in [5.74, 6) is 1.85. The maximum Gasteiger partial charge on any atom is 0.238 e. The van der Waals surface area contributed by atoms with Crippen molar-refractivity contribution in [1.82, 2.24) is 24.5 Å². The Labute approximate surface area is 299 Å². The van der Waals surface area contributed by atoms with Crippen LogP contribution in [0.2, 0.25) is 0 Å². The lowest BCUT2D eigenvalue weighted by Gasteiger charge is -2.12. The van der Waals surface area contributed by atoms with E-state index in [4.69, 9.17) is 19.9 Å².